The lowest BCUT2D eigenvalue weighted by atomic mass is 9.99. The molecule has 0 unspecified atom stereocenters. The van der Waals surface area contributed by atoms with Crippen LogP contribution in [-0.2, 0) is 32.2 Å². The van der Waals surface area contributed by atoms with E-state index >= 15 is 0 Å². The molecule has 4 rings (SSSR count). The summed E-state index contributed by atoms with van der Waals surface area (Å²) in [4.78, 5) is 57.7. The number of methoxy groups -OCH3 is 1. The van der Waals surface area contributed by atoms with Gasteiger partial charge in [0.25, 0.3) is 5.91 Å². The number of amides is 3. The van der Waals surface area contributed by atoms with Gasteiger partial charge in [0.2, 0.25) is 5.91 Å². The molecule has 2 atom stereocenters. The molecule has 2 N–H and O–H groups in total. The predicted octanol–water partition coefficient (Wildman–Crippen LogP) is 6.10. The van der Waals surface area contributed by atoms with E-state index < -0.39 is 35.5 Å². The van der Waals surface area contributed by atoms with Crippen LogP contribution in [0.4, 0.5) is 4.79 Å². The molecular weight excluding hydrogens is 596 g/mol. The second-order valence-corrected chi connectivity index (χ2v) is 12.3. The zero-order valence-corrected chi connectivity index (χ0v) is 27.5. The number of aromatic nitrogens is 1. The van der Waals surface area contributed by atoms with Gasteiger partial charge in [0.15, 0.2) is 0 Å². The first-order valence-electron chi connectivity index (χ1n) is 15.6. The van der Waals surface area contributed by atoms with Gasteiger partial charge in [-0.25, -0.2) is 4.79 Å². The van der Waals surface area contributed by atoms with Gasteiger partial charge in [0.1, 0.15) is 11.6 Å². The van der Waals surface area contributed by atoms with Crippen molar-refractivity contribution in [2.75, 3.05) is 7.11 Å². The topological polar surface area (TPSA) is 127 Å². The number of rotatable bonds is 12. The summed E-state index contributed by atoms with van der Waals surface area (Å²) in [6, 6.07) is 24.7. The van der Waals surface area contributed by atoms with Gasteiger partial charge in [-0.3, -0.25) is 24.3 Å². The van der Waals surface area contributed by atoms with E-state index in [0.29, 0.717) is 11.3 Å². The molecule has 0 saturated carbocycles. The molecule has 0 aliphatic carbocycles. The molecule has 0 radical (unpaired) electrons. The maximum absolute atomic E-state index is 13.5. The Kier molecular flexibility index (Phi) is 11.7. The van der Waals surface area contributed by atoms with E-state index in [1.54, 1.807) is 62.2 Å². The van der Waals surface area contributed by atoms with Crippen LogP contribution in [0.1, 0.15) is 73.8 Å². The number of fused-ring (bicyclic) bond motifs is 1. The van der Waals surface area contributed by atoms with E-state index in [2.05, 4.69) is 15.6 Å². The summed E-state index contributed by atoms with van der Waals surface area (Å²) in [6.07, 6.45) is 1.19. The lowest BCUT2D eigenvalue weighted by molar-refractivity contribution is -0.140. The fraction of sp³-hybridized carbons (Fsp3) is 0.324. The number of carbonyl (C=O) groups excluding carboxylic acids is 4. The summed E-state index contributed by atoms with van der Waals surface area (Å²) in [5.74, 6) is -1.37. The molecule has 0 spiro atoms. The number of pyridine rings is 1. The minimum Gasteiger partial charge on any atom is -0.469 e. The van der Waals surface area contributed by atoms with Crippen molar-refractivity contribution in [2.45, 2.75) is 71.3 Å². The van der Waals surface area contributed by atoms with Crippen LogP contribution < -0.4 is 10.6 Å². The fourth-order valence-electron chi connectivity index (χ4n) is 5.08. The highest BCUT2D eigenvalue weighted by Gasteiger charge is 2.26. The van der Waals surface area contributed by atoms with E-state index in [1.165, 1.54) is 7.11 Å². The minimum atomic E-state index is -0.986. The van der Waals surface area contributed by atoms with Crippen molar-refractivity contribution in [1.29, 1.82) is 0 Å². The molecule has 246 valence electrons. The van der Waals surface area contributed by atoms with Gasteiger partial charge in [-0.1, -0.05) is 60.7 Å². The largest absolute Gasteiger partial charge is 0.469 e. The molecule has 0 fully saturated rings. The first kappa shape index (κ1) is 34.6. The van der Waals surface area contributed by atoms with E-state index in [0.717, 1.165) is 21.9 Å². The Balaban J connectivity index is 1.46. The Labute approximate surface area is 275 Å². The van der Waals surface area contributed by atoms with Gasteiger partial charge in [-0.2, -0.15) is 0 Å². The van der Waals surface area contributed by atoms with Crippen LogP contribution in [0.25, 0.3) is 10.8 Å². The molecule has 3 aromatic carbocycles. The van der Waals surface area contributed by atoms with Crippen molar-refractivity contribution in [1.82, 2.24) is 20.5 Å². The zero-order valence-electron chi connectivity index (χ0n) is 27.5. The highest BCUT2D eigenvalue weighted by atomic mass is 16.6. The number of esters is 1. The number of hydrogen-bond donors (Lipinski definition) is 2. The minimum absolute atomic E-state index is 0.0484. The third kappa shape index (κ3) is 10.1. The van der Waals surface area contributed by atoms with Crippen molar-refractivity contribution in [3.05, 3.63) is 114 Å². The van der Waals surface area contributed by atoms with Crippen molar-refractivity contribution in [3.63, 3.8) is 0 Å². The summed E-state index contributed by atoms with van der Waals surface area (Å²) in [7, 11) is 1.28. The fourth-order valence-corrected chi connectivity index (χ4v) is 5.08. The Bertz CT molecular complexity index is 1680. The van der Waals surface area contributed by atoms with Crippen LogP contribution in [0, 0.1) is 0 Å². The SMILES string of the molecule is COC(=O)CC[C@H](NC(=O)c1ccc(CN(Cc2ccccn2)C(=O)OC(C)(C)C)cc1)C(=O)N[C@@H](C)c1cccc2ccccc12. The zero-order chi connectivity index (χ0) is 34.0. The molecule has 0 saturated heterocycles. The number of carbonyl (C=O) groups is 4. The molecule has 0 aliphatic rings. The smallest absolute Gasteiger partial charge is 0.410 e. The Hall–Kier alpha value is -5.25. The van der Waals surface area contributed by atoms with E-state index in [1.807, 2.05) is 61.5 Å². The number of benzene rings is 3. The first-order valence-corrected chi connectivity index (χ1v) is 15.6. The van der Waals surface area contributed by atoms with Crippen LogP contribution in [0.15, 0.2) is 91.1 Å². The maximum atomic E-state index is 13.5. The number of hydrogen-bond acceptors (Lipinski definition) is 7. The Morgan fingerprint density at radius 3 is 2.23 bits per heavy atom. The van der Waals surface area contributed by atoms with Crippen LogP contribution >= 0.6 is 0 Å². The van der Waals surface area contributed by atoms with Gasteiger partial charge >= 0.3 is 12.1 Å². The van der Waals surface area contributed by atoms with Gasteiger partial charge < -0.3 is 20.1 Å². The second-order valence-electron chi connectivity index (χ2n) is 12.3. The van der Waals surface area contributed by atoms with Crippen LogP contribution in [0.2, 0.25) is 0 Å². The third-order valence-corrected chi connectivity index (χ3v) is 7.46. The molecule has 0 bridgehead atoms. The molecule has 1 aromatic heterocycles. The first-order chi connectivity index (χ1) is 22.4. The maximum Gasteiger partial charge on any atom is 0.410 e. The monoisotopic (exact) mass is 638 g/mol. The van der Waals surface area contributed by atoms with Crippen LogP contribution in [0.3, 0.4) is 0 Å². The summed E-state index contributed by atoms with van der Waals surface area (Å²) >= 11 is 0. The average molecular weight is 639 g/mol. The molecule has 1 heterocycles. The summed E-state index contributed by atoms with van der Waals surface area (Å²) in [5, 5.41) is 7.86. The Morgan fingerprint density at radius 2 is 1.55 bits per heavy atom. The summed E-state index contributed by atoms with van der Waals surface area (Å²) < 4.78 is 10.4. The van der Waals surface area contributed by atoms with Crippen LogP contribution in [-0.4, -0.2) is 52.5 Å². The molecule has 10 nitrogen and oxygen atoms in total. The van der Waals surface area contributed by atoms with Gasteiger partial charge in [-0.05, 0) is 80.3 Å². The second kappa shape index (κ2) is 15.8. The molecule has 0 aliphatic heterocycles. The highest BCUT2D eigenvalue weighted by molar-refractivity contribution is 5.98. The van der Waals surface area contributed by atoms with Gasteiger partial charge in [-0.15, -0.1) is 0 Å². The van der Waals surface area contributed by atoms with Crippen molar-refractivity contribution in [2.24, 2.45) is 0 Å². The number of nitrogens with one attached hydrogen (secondary N) is 2. The quantitative estimate of drug-likeness (QED) is 0.180. The standard InChI is InChI=1S/C37H42N4O6/c1-25(30-15-10-12-27-11-6-7-14-31(27)30)39-35(44)32(20-21-33(42)46-5)40-34(43)28-18-16-26(17-19-28)23-41(36(45)47-37(2,3)4)24-29-13-8-9-22-38-29/h6-19,22,25,32H,20-21,23-24H2,1-5H3,(H,39,44)(H,40,43)/t25-,32-/m0/s1. The molecule has 47 heavy (non-hydrogen) atoms. The van der Waals surface area contributed by atoms with Crippen molar-refractivity contribution >= 4 is 34.6 Å². The molecule has 10 heteroatoms. The van der Waals surface area contributed by atoms with E-state index in [4.69, 9.17) is 9.47 Å². The number of ether oxygens (including phenoxy) is 2. The van der Waals surface area contributed by atoms with E-state index in [9.17, 15) is 19.2 Å². The third-order valence-electron chi connectivity index (χ3n) is 7.46. The van der Waals surface area contributed by atoms with Crippen molar-refractivity contribution in [3.8, 4) is 0 Å². The van der Waals surface area contributed by atoms with E-state index in [-0.39, 0.29) is 32.0 Å². The predicted molar refractivity (Wildman–Crippen MR) is 179 cm³/mol. The van der Waals surface area contributed by atoms with Gasteiger partial charge in [0, 0.05) is 24.7 Å². The molecule has 3 amide bonds. The normalized spacial score (nSPS) is 12.4. The number of nitrogens with zero attached hydrogens (tertiary/aromatic N) is 2. The van der Waals surface area contributed by atoms with Crippen LogP contribution in [0.5, 0.6) is 0 Å². The lowest BCUT2D eigenvalue weighted by Gasteiger charge is -2.27. The Morgan fingerprint density at radius 1 is 0.851 bits per heavy atom. The lowest BCUT2D eigenvalue weighted by Crippen LogP contribution is -2.47. The molecular formula is C37H42N4O6. The van der Waals surface area contributed by atoms with Crippen molar-refractivity contribution < 1.29 is 28.7 Å². The highest BCUT2D eigenvalue weighted by Crippen LogP contribution is 2.24. The average Bonchev–Trinajstić information content (AvgIpc) is 3.05. The molecule has 4 aromatic rings. The summed E-state index contributed by atoms with van der Waals surface area (Å²) in [5.41, 5.74) is 2.06. The summed E-state index contributed by atoms with van der Waals surface area (Å²) in [6.45, 7) is 7.77. The van der Waals surface area contributed by atoms with Gasteiger partial charge in [0.05, 0.1) is 25.4 Å².